The molecule has 0 radical (unpaired) electrons. The van der Waals surface area contributed by atoms with Gasteiger partial charge in [0.05, 0.1) is 16.3 Å². The number of nitrogens with zero attached hydrogens (tertiary/aromatic N) is 2. The number of nitrogens with one attached hydrogen (secondary N) is 4. The van der Waals surface area contributed by atoms with Crippen LogP contribution in [0, 0.1) is 17.8 Å². The zero-order chi connectivity index (χ0) is 35.0. The molecule has 0 aliphatic carbocycles. The van der Waals surface area contributed by atoms with E-state index in [0.29, 0.717) is 18.5 Å². The molecule has 13 heteroatoms. The van der Waals surface area contributed by atoms with Crippen molar-refractivity contribution < 1.29 is 28.7 Å². The number of ketones is 1. The van der Waals surface area contributed by atoms with E-state index in [2.05, 4.69) is 26.3 Å². The van der Waals surface area contributed by atoms with Crippen molar-refractivity contribution in [3.05, 3.63) is 59.1 Å². The monoisotopic (exact) mass is 678 g/mol. The molecule has 2 heterocycles. The van der Waals surface area contributed by atoms with Crippen molar-refractivity contribution in [2.45, 2.75) is 71.7 Å². The highest BCUT2D eigenvalue weighted by molar-refractivity contribution is 7.20. The maximum absolute atomic E-state index is 13.8. The molecule has 1 fully saturated rings. The molecule has 258 valence electrons. The summed E-state index contributed by atoms with van der Waals surface area (Å²) in [5.41, 5.74) is 2.42. The predicted molar refractivity (Wildman–Crippen MR) is 186 cm³/mol. The topological polar surface area (TPSA) is 159 Å². The number of aromatic nitrogens is 1. The average Bonchev–Trinajstić information content (AvgIpc) is 3.67. The van der Waals surface area contributed by atoms with Gasteiger partial charge >= 0.3 is 6.09 Å². The van der Waals surface area contributed by atoms with Gasteiger partial charge in [0.25, 0.3) is 0 Å². The Bertz CT molecular complexity index is 1590. The van der Waals surface area contributed by atoms with Gasteiger partial charge < -0.3 is 30.9 Å². The second-order valence-electron chi connectivity index (χ2n) is 13.1. The molecule has 48 heavy (non-hydrogen) atoms. The Balaban J connectivity index is 1.46. The third kappa shape index (κ3) is 9.75. The number of thiazole rings is 1. The van der Waals surface area contributed by atoms with Crippen LogP contribution in [0.15, 0.2) is 48.5 Å². The first-order valence-electron chi connectivity index (χ1n) is 16.3. The molecule has 2 aromatic carbocycles. The lowest BCUT2D eigenvalue weighted by atomic mass is 9.94. The van der Waals surface area contributed by atoms with Gasteiger partial charge in [-0.15, -0.1) is 11.3 Å². The fraction of sp³-hybridized carbons (Fsp3) is 0.486. The molecular weight excluding hydrogens is 632 g/mol. The van der Waals surface area contributed by atoms with Crippen molar-refractivity contribution in [2.24, 2.45) is 17.8 Å². The summed E-state index contributed by atoms with van der Waals surface area (Å²) in [7, 11) is 3.83. The number of hydrogen-bond acceptors (Lipinski definition) is 9. The van der Waals surface area contributed by atoms with Crippen molar-refractivity contribution in [1.82, 2.24) is 26.3 Å². The Morgan fingerprint density at radius 3 is 2.35 bits per heavy atom. The number of benzene rings is 2. The second kappa shape index (κ2) is 16.5. The van der Waals surface area contributed by atoms with Gasteiger partial charge in [0.15, 0.2) is 5.01 Å². The first kappa shape index (κ1) is 36.3. The van der Waals surface area contributed by atoms with E-state index in [4.69, 9.17) is 4.74 Å². The van der Waals surface area contributed by atoms with E-state index < -0.39 is 42.0 Å². The summed E-state index contributed by atoms with van der Waals surface area (Å²) in [6.45, 7) is 7.91. The number of amides is 4. The van der Waals surface area contributed by atoms with Crippen LogP contribution < -0.4 is 26.2 Å². The van der Waals surface area contributed by atoms with Crippen LogP contribution in [0.3, 0.4) is 0 Å². The van der Waals surface area contributed by atoms with E-state index in [1.54, 1.807) is 13.8 Å². The minimum absolute atomic E-state index is 0.00780. The lowest BCUT2D eigenvalue weighted by Gasteiger charge is -2.27. The zero-order valence-electron chi connectivity index (χ0n) is 28.4. The molecule has 4 rings (SSSR count). The highest BCUT2D eigenvalue weighted by atomic mass is 32.1. The Morgan fingerprint density at radius 1 is 0.979 bits per heavy atom. The molecular formula is C35H46N6O6S. The Labute approximate surface area is 285 Å². The normalized spacial score (nSPS) is 16.2. The number of carbonyl (C=O) groups excluding carboxylic acids is 5. The zero-order valence-corrected chi connectivity index (χ0v) is 29.2. The molecule has 1 aromatic heterocycles. The molecule has 12 nitrogen and oxygen atoms in total. The number of ether oxygens (including phenoxy) is 1. The van der Waals surface area contributed by atoms with Crippen LogP contribution >= 0.6 is 11.3 Å². The highest BCUT2D eigenvalue weighted by Crippen LogP contribution is 2.25. The third-order valence-electron chi connectivity index (χ3n) is 8.18. The van der Waals surface area contributed by atoms with Gasteiger partial charge in [-0.05, 0) is 60.9 Å². The predicted octanol–water partition coefficient (Wildman–Crippen LogP) is 4.04. The number of alkyl carbamates (subject to hydrolysis) is 1. The largest absolute Gasteiger partial charge is 0.445 e. The number of rotatable bonds is 15. The number of Topliss-reactive ketones (excluding diaryl/α,β-unsaturated/α-hetero) is 1. The first-order chi connectivity index (χ1) is 22.8. The van der Waals surface area contributed by atoms with Crippen molar-refractivity contribution in [3.8, 4) is 0 Å². The average molecular weight is 679 g/mol. The SMILES string of the molecule is CC(C)C[C@H](NC(=O)[C@@H](NC(=O)OCc1cccc(N(C)C)c1)C(C)C)C(=O)N[C@@H](C[C@@H]1CCNC1=O)C(=O)c1nc2ccccc2s1. The lowest BCUT2D eigenvalue weighted by Crippen LogP contribution is -2.57. The summed E-state index contributed by atoms with van der Waals surface area (Å²) in [5.74, 6) is -2.43. The summed E-state index contributed by atoms with van der Waals surface area (Å²) in [4.78, 5) is 72.9. The van der Waals surface area contributed by atoms with Gasteiger partial charge in [-0.3, -0.25) is 19.2 Å². The summed E-state index contributed by atoms with van der Waals surface area (Å²) in [5, 5.41) is 11.3. The Hall–Kier alpha value is -4.52. The summed E-state index contributed by atoms with van der Waals surface area (Å²) in [6.07, 6.45) is 0.166. The van der Waals surface area contributed by atoms with Crippen molar-refractivity contribution in [3.63, 3.8) is 0 Å². The molecule has 0 saturated carbocycles. The maximum Gasteiger partial charge on any atom is 0.408 e. The van der Waals surface area contributed by atoms with E-state index in [0.717, 1.165) is 16.0 Å². The molecule has 4 N–H and O–H groups in total. The number of fused-ring (bicyclic) bond motifs is 1. The van der Waals surface area contributed by atoms with Crippen molar-refractivity contribution in [1.29, 1.82) is 0 Å². The van der Waals surface area contributed by atoms with Gasteiger partial charge in [-0.2, -0.15) is 0 Å². The summed E-state index contributed by atoms with van der Waals surface area (Å²) in [6, 6.07) is 11.9. The van der Waals surface area contributed by atoms with E-state index in [9.17, 15) is 24.0 Å². The number of para-hydroxylation sites is 1. The van der Waals surface area contributed by atoms with E-state index in [-0.39, 0.29) is 48.0 Å². The Kier molecular flexibility index (Phi) is 12.5. The van der Waals surface area contributed by atoms with Crippen LogP contribution in [-0.4, -0.2) is 73.3 Å². The fourth-order valence-electron chi connectivity index (χ4n) is 5.53. The number of carbonyl (C=O) groups is 5. The van der Waals surface area contributed by atoms with E-state index >= 15 is 0 Å². The van der Waals surface area contributed by atoms with Crippen LogP contribution in [-0.2, 0) is 25.7 Å². The molecule has 1 saturated heterocycles. The molecule has 4 amide bonds. The molecule has 0 unspecified atom stereocenters. The quantitative estimate of drug-likeness (QED) is 0.175. The van der Waals surface area contributed by atoms with Crippen LogP contribution in [0.5, 0.6) is 0 Å². The molecule has 1 aliphatic heterocycles. The van der Waals surface area contributed by atoms with Crippen LogP contribution in [0.2, 0.25) is 0 Å². The minimum atomic E-state index is -1.03. The summed E-state index contributed by atoms with van der Waals surface area (Å²) >= 11 is 1.23. The molecule has 3 aromatic rings. The van der Waals surface area contributed by atoms with Crippen molar-refractivity contribution >= 4 is 56.8 Å². The number of anilines is 1. The lowest BCUT2D eigenvalue weighted by molar-refractivity contribution is -0.131. The minimum Gasteiger partial charge on any atom is -0.445 e. The summed E-state index contributed by atoms with van der Waals surface area (Å²) < 4.78 is 6.26. The van der Waals surface area contributed by atoms with Crippen LogP contribution in [0.4, 0.5) is 10.5 Å². The van der Waals surface area contributed by atoms with E-state index in [1.807, 2.05) is 81.4 Å². The first-order valence-corrected chi connectivity index (χ1v) is 17.1. The fourth-order valence-corrected chi connectivity index (χ4v) is 6.49. The molecule has 4 atom stereocenters. The number of hydrogen-bond donors (Lipinski definition) is 4. The van der Waals surface area contributed by atoms with Gasteiger partial charge in [0, 0.05) is 32.2 Å². The maximum atomic E-state index is 13.8. The smallest absolute Gasteiger partial charge is 0.408 e. The van der Waals surface area contributed by atoms with Gasteiger partial charge in [-0.25, -0.2) is 9.78 Å². The van der Waals surface area contributed by atoms with Gasteiger partial charge in [-0.1, -0.05) is 52.0 Å². The second-order valence-corrected chi connectivity index (χ2v) is 14.2. The van der Waals surface area contributed by atoms with E-state index in [1.165, 1.54) is 11.3 Å². The van der Waals surface area contributed by atoms with Gasteiger partial charge in [0.2, 0.25) is 23.5 Å². The van der Waals surface area contributed by atoms with Crippen molar-refractivity contribution in [2.75, 3.05) is 25.5 Å². The molecule has 0 spiro atoms. The molecule has 0 bridgehead atoms. The third-order valence-corrected chi connectivity index (χ3v) is 9.23. The highest BCUT2D eigenvalue weighted by Gasteiger charge is 2.36. The standard InChI is InChI=1S/C35H46N6O6S/c1-20(2)16-27(38-33(45)29(21(3)4)40-35(46)47-19-22-10-9-11-24(17-22)41(5)6)32(44)37-26(18-23-14-15-36-31(23)43)30(42)34-39-25-12-7-8-13-28(25)48-34/h7-13,17,20-21,23,26-27,29H,14-16,18-19H2,1-6H3,(H,36,43)(H,37,44)(H,38,45)(H,40,46)/t23-,26-,27-,29-/m0/s1. The van der Waals surface area contributed by atoms with Crippen LogP contribution in [0.25, 0.3) is 10.2 Å². The molecule has 1 aliphatic rings. The van der Waals surface area contributed by atoms with Crippen LogP contribution in [0.1, 0.15) is 62.3 Å². The van der Waals surface area contributed by atoms with Gasteiger partial charge in [0.1, 0.15) is 18.7 Å². The Morgan fingerprint density at radius 2 is 1.71 bits per heavy atom.